The van der Waals surface area contributed by atoms with Gasteiger partial charge in [-0.2, -0.15) is 4.31 Å². The third-order valence-corrected chi connectivity index (χ3v) is 6.29. The summed E-state index contributed by atoms with van der Waals surface area (Å²) in [5.41, 5.74) is 5.67. The number of fused-ring (bicyclic) bond motifs is 1. The molecule has 2 aromatic carbocycles. The highest BCUT2D eigenvalue weighted by atomic mass is 32.2. The van der Waals surface area contributed by atoms with Crippen LogP contribution in [0.15, 0.2) is 47.4 Å². The maximum Gasteiger partial charge on any atom is 0.243 e. The highest BCUT2D eigenvalue weighted by Gasteiger charge is 2.39. The lowest BCUT2D eigenvalue weighted by Gasteiger charge is -2.22. The molecule has 0 spiro atoms. The van der Waals surface area contributed by atoms with Crippen molar-refractivity contribution in [1.82, 2.24) is 4.31 Å². The molecular weight excluding hydrogens is 284 g/mol. The van der Waals surface area contributed by atoms with Gasteiger partial charge < -0.3 is 5.73 Å². The number of sulfonamides is 1. The summed E-state index contributed by atoms with van der Waals surface area (Å²) < 4.78 is 27.4. The maximum atomic E-state index is 12.9. The van der Waals surface area contributed by atoms with E-state index in [-0.39, 0.29) is 5.41 Å². The Morgan fingerprint density at radius 3 is 2.62 bits per heavy atom. The van der Waals surface area contributed by atoms with Gasteiger partial charge in [0.2, 0.25) is 10.0 Å². The third-order valence-electron chi connectivity index (χ3n) is 4.38. The van der Waals surface area contributed by atoms with Gasteiger partial charge in [-0.1, -0.05) is 43.3 Å². The Labute approximate surface area is 125 Å². The number of rotatable bonds is 3. The smallest absolute Gasteiger partial charge is 0.243 e. The molecule has 1 atom stereocenters. The highest BCUT2D eigenvalue weighted by molar-refractivity contribution is 7.89. The topological polar surface area (TPSA) is 63.4 Å². The van der Waals surface area contributed by atoms with Gasteiger partial charge >= 0.3 is 0 Å². The second-order valence-corrected chi connectivity index (χ2v) is 7.99. The molecular formula is C16H20N2O2S. The first-order chi connectivity index (χ1) is 9.96. The van der Waals surface area contributed by atoms with Crippen molar-refractivity contribution < 1.29 is 8.42 Å². The van der Waals surface area contributed by atoms with E-state index in [1.807, 2.05) is 37.3 Å². The Bertz CT molecular complexity index is 767. The minimum Gasteiger partial charge on any atom is -0.330 e. The number of nitrogens with two attached hydrogens (primary N) is 1. The molecule has 0 aliphatic carbocycles. The van der Waals surface area contributed by atoms with Crippen molar-refractivity contribution in [3.8, 4) is 0 Å². The molecule has 1 fully saturated rings. The molecule has 3 rings (SSSR count). The van der Waals surface area contributed by atoms with Gasteiger partial charge in [0, 0.05) is 18.5 Å². The summed E-state index contributed by atoms with van der Waals surface area (Å²) in [6.07, 6.45) is 0.813. The summed E-state index contributed by atoms with van der Waals surface area (Å²) in [7, 11) is -3.47. The first kappa shape index (κ1) is 14.5. The lowest BCUT2D eigenvalue weighted by molar-refractivity contribution is 0.350. The third kappa shape index (κ3) is 2.46. The molecule has 4 nitrogen and oxygen atoms in total. The fourth-order valence-corrected chi connectivity index (χ4v) is 4.72. The van der Waals surface area contributed by atoms with E-state index in [4.69, 9.17) is 5.73 Å². The van der Waals surface area contributed by atoms with E-state index in [9.17, 15) is 8.42 Å². The zero-order valence-corrected chi connectivity index (χ0v) is 12.9. The van der Waals surface area contributed by atoms with Crippen LogP contribution in [0.5, 0.6) is 0 Å². The zero-order valence-electron chi connectivity index (χ0n) is 12.1. The molecule has 21 heavy (non-hydrogen) atoms. The van der Waals surface area contributed by atoms with Crippen LogP contribution < -0.4 is 5.73 Å². The second kappa shape index (κ2) is 5.09. The molecule has 2 aromatic rings. The van der Waals surface area contributed by atoms with Crippen molar-refractivity contribution in [3.63, 3.8) is 0 Å². The molecule has 5 heteroatoms. The van der Waals surface area contributed by atoms with Gasteiger partial charge in [-0.3, -0.25) is 0 Å². The largest absolute Gasteiger partial charge is 0.330 e. The van der Waals surface area contributed by atoms with Crippen molar-refractivity contribution in [3.05, 3.63) is 42.5 Å². The van der Waals surface area contributed by atoms with Gasteiger partial charge in [0.15, 0.2) is 0 Å². The van der Waals surface area contributed by atoms with E-state index in [0.29, 0.717) is 24.5 Å². The summed E-state index contributed by atoms with van der Waals surface area (Å²) >= 11 is 0. The van der Waals surface area contributed by atoms with Crippen LogP contribution in [0.1, 0.15) is 13.3 Å². The minimum absolute atomic E-state index is 0.113. The summed E-state index contributed by atoms with van der Waals surface area (Å²) in [5.74, 6) is 0. The van der Waals surface area contributed by atoms with E-state index in [1.54, 1.807) is 16.4 Å². The molecule has 0 bridgehead atoms. The molecule has 1 saturated heterocycles. The van der Waals surface area contributed by atoms with Gasteiger partial charge in [-0.15, -0.1) is 0 Å². The van der Waals surface area contributed by atoms with E-state index >= 15 is 0 Å². The molecule has 112 valence electrons. The minimum atomic E-state index is -3.47. The van der Waals surface area contributed by atoms with Gasteiger partial charge in [-0.25, -0.2) is 8.42 Å². The van der Waals surface area contributed by atoms with Crippen LogP contribution in [-0.2, 0) is 10.0 Å². The van der Waals surface area contributed by atoms with Crippen molar-refractivity contribution in [1.29, 1.82) is 0 Å². The Kier molecular flexibility index (Phi) is 3.51. The Morgan fingerprint density at radius 2 is 1.90 bits per heavy atom. The first-order valence-corrected chi connectivity index (χ1v) is 8.58. The van der Waals surface area contributed by atoms with E-state index in [1.165, 1.54) is 0 Å². The molecule has 1 aliphatic rings. The van der Waals surface area contributed by atoms with Crippen molar-refractivity contribution >= 4 is 20.8 Å². The predicted octanol–water partition coefficient (Wildman–Crippen LogP) is 2.20. The van der Waals surface area contributed by atoms with E-state index < -0.39 is 10.0 Å². The maximum absolute atomic E-state index is 12.9. The Balaban J connectivity index is 2.06. The molecule has 1 aliphatic heterocycles. The average Bonchev–Trinajstić information content (AvgIpc) is 2.91. The predicted molar refractivity (Wildman–Crippen MR) is 84.5 cm³/mol. The second-order valence-electron chi connectivity index (χ2n) is 6.08. The number of benzene rings is 2. The van der Waals surface area contributed by atoms with E-state index in [0.717, 1.165) is 17.2 Å². The Hall–Kier alpha value is -1.43. The Morgan fingerprint density at radius 1 is 1.19 bits per heavy atom. The standard InChI is InChI=1S/C16H20N2O2S/c1-16(11-17)9-10-18(12-16)21(19,20)15-8-4-6-13-5-2-3-7-14(13)15/h2-8H,9-12,17H2,1H3. The molecule has 1 unspecified atom stereocenters. The normalized spacial score (nSPS) is 23.7. The average molecular weight is 304 g/mol. The van der Waals surface area contributed by atoms with E-state index in [2.05, 4.69) is 0 Å². The summed E-state index contributed by atoms with van der Waals surface area (Å²) in [6, 6.07) is 13.0. The van der Waals surface area contributed by atoms with Gasteiger partial charge in [-0.05, 0) is 29.8 Å². The zero-order chi connectivity index (χ0) is 15.1. The SMILES string of the molecule is CC1(CN)CCN(S(=O)(=O)c2cccc3ccccc23)C1. The van der Waals surface area contributed by atoms with Crippen LogP contribution in [0.3, 0.4) is 0 Å². The fourth-order valence-electron chi connectivity index (χ4n) is 2.91. The van der Waals surface area contributed by atoms with Gasteiger partial charge in [0.25, 0.3) is 0 Å². The lowest BCUT2D eigenvalue weighted by Crippen LogP contribution is -2.34. The fraction of sp³-hybridized carbons (Fsp3) is 0.375. The molecule has 1 heterocycles. The number of hydrogen-bond donors (Lipinski definition) is 1. The quantitative estimate of drug-likeness (QED) is 0.945. The number of hydrogen-bond acceptors (Lipinski definition) is 3. The van der Waals surface area contributed by atoms with Crippen LogP contribution in [0.25, 0.3) is 10.8 Å². The molecule has 2 N–H and O–H groups in total. The summed E-state index contributed by atoms with van der Waals surface area (Å²) in [5, 5.41) is 1.72. The van der Waals surface area contributed by atoms with Gasteiger partial charge in [0.05, 0.1) is 4.90 Å². The van der Waals surface area contributed by atoms with Crippen LogP contribution in [0.2, 0.25) is 0 Å². The lowest BCUT2D eigenvalue weighted by atomic mass is 9.90. The highest BCUT2D eigenvalue weighted by Crippen LogP contribution is 2.34. The first-order valence-electron chi connectivity index (χ1n) is 7.14. The van der Waals surface area contributed by atoms with Crippen molar-refractivity contribution in [2.24, 2.45) is 11.1 Å². The summed E-state index contributed by atoms with van der Waals surface area (Å²) in [6.45, 7) is 3.59. The molecule has 0 amide bonds. The van der Waals surface area contributed by atoms with Crippen LogP contribution in [0.4, 0.5) is 0 Å². The molecule has 0 radical (unpaired) electrons. The summed E-state index contributed by atoms with van der Waals surface area (Å²) in [4.78, 5) is 0.391. The monoisotopic (exact) mass is 304 g/mol. The van der Waals surface area contributed by atoms with Crippen molar-refractivity contribution in [2.45, 2.75) is 18.2 Å². The number of nitrogens with zero attached hydrogens (tertiary/aromatic N) is 1. The van der Waals surface area contributed by atoms with Gasteiger partial charge in [0.1, 0.15) is 0 Å². The molecule has 0 saturated carbocycles. The molecule has 0 aromatic heterocycles. The van der Waals surface area contributed by atoms with Crippen LogP contribution in [0, 0.1) is 5.41 Å². The van der Waals surface area contributed by atoms with Crippen LogP contribution >= 0.6 is 0 Å². The van der Waals surface area contributed by atoms with Crippen molar-refractivity contribution in [2.75, 3.05) is 19.6 Å². The van der Waals surface area contributed by atoms with Crippen LogP contribution in [-0.4, -0.2) is 32.4 Å².